The maximum absolute atomic E-state index is 12.0. The summed E-state index contributed by atoms with van der Waals surface area (Å²) in [6.45, 7) is -0.518. The average Bonchev–Trinajstić information content (AvgIpc) is 2.54. The van der Waals surface area contributed by atoms with Gasteiger partial charge >= 0.3 is 5.97 Å². The van der Waals surface area contributed by atoms with Crippen LogP contribution in [0.25, 0.3) is 6.08 Å². The van der Waals surface area contributed by atoms with E-state index in [1.165, 1.54) is 18.2 Å². The van der Waals surface area contributed by atoms with Crippen molar-refractivity contribution in [1.82, 2.24) is 0 Å². The van der Waals surface area contributed by atoms with Crippen LogP contribution in [0.15, 0.2) is 30.0 Å². The van der Waals surface area contributed by atoms with Gasteiger partial charge in [-0.05, 0) is 23.8 Å². The lowest BCUT2D eigenvalue weighted by Gasteiger charge is -2.43. The number of aliphatic hydroxyl groups is 3. The van der Waals surface area contributed by atoms with E-state index in [0.29, 0.717) is 5.56 Å². The predicted molar refractivity (Wildman–Crippen MR) is 74.8 cm³/mol. The van der Waals surface area contributed by atoms with Gasteiger partial charge in [0.1, 0.15) is 24.1 Å². The first-order valence-electron chi connectivity index (χ1n) is 7.00. The van der Waals surface area contributed by atoms with Crippen molar-refractivity contribution in [2.24, 2.45) is 0 Å². The molecule has 0 amide bonds. The Morgan fingerprint density at radius 3 is 2.43 bits per heavy atom. The Morgan fingerprint density at radius 1 is 1.09 bits per heavy atom. The van der Waals surface area contributed by atoms with E-state index in [-0.39, 0.29) is 11.5 Å². The highest BCUT2D eigenvalue weighted by Crippen LogP contribution is 2.31. The van der Waals surface area contributed by atoms with Crippen LogP contribution in [0.1, 0.15) is 5.56 Å². The highest BCUT2D eigenvalue weighted by atomic mass is 16.7. The van der Waals surface area contributed by atoms with Crippen LogP contribution in [0.2, 0.25) is 0 Å². The van der Waals surface area contributed by atoms with Gasteiger partial charge in [-0.2, -0.15) is 0 Å². The molecule has 0 saturated carbocycles. The van der Waals surface area contributed by atoms with Crippen molar-refractivity contribution in [2.75, 3.05) is 6.61 Å². The van der Waals surface area contributed by atoms with Gasteiger partial charge in [0.05, 0.1) is 6.61 Å². The average molecular weight is 324 g/mol. The number of rotatable bonds is 2. The molecule has 4 N–H and O–H groups in total. The topological polar surface area (TPSA) is 126 Å². The molecule has 1 aromatic rings. The lowest BCUT2D eigenvalue weighted by atomic mass is 9.98. The van der Waals surface area contributed by atoms with Crippen LogP contribution in [0.5, 0.6) is 5.75 Å². The Balaban J connectivity index is 1.81. The van der Waals surface area contributed by atoms with E-state index in [4.69, 9.17) is 19.3 Å². The monoisotopic (exact) mass is 324 g/mol. The van der Waals surface area contributed by atoms with E-state index in [9.17, 15) is 20.1 Å². The second-order valence-corrected chi connectivity index (χ2v) is 5.29. The summed E-state index contributed by atoms with van der Waals surface area (Å²) in [5, 5.41) is 38.1. The van der Waals surface area contributed by atoms with Crippen molar-refractivity contribution in [2.45, 2.75) is 30.7 Å². The molecule has 8 heteroatoms. The number of benzene rings is 1. The molecule has 2 saturated heterocycles. The Labute approximate surface area is 131 Å². The number of hydrogen-bond donors (Lipinski definition) is 4. The van der Waals surface area contributed by atoms with Crippen LogP contribution >= 0.6 is 0 Å². The molecule has 2 fully saturated rings. The summed E-state index contributed by atoms with van der Waals surface area (Å²) in [4.78, 5) is 12.0. The maximum Gasteiger partial charge on any atom is 0.374 e. The van der Waals surface area contributed by atoms with Crippen molar-refractivity contribution in [3.63, 3.8) is 0 Å². The first kappa shape index (κ1) is 15.8. The third-order valence-corrected chi connectivity index (χ3v) is 3.70. The molecule has 1 aromatic carbocycles. The number of aromatic hydroxyl groups is 1. The number of aliphatic hydroxyl groups excluding tert-OH is 3. The Bertz CT molecular complexity index is 610. The normalized spacial score (nSPS) is 35.3. The Hall–Kier alpha value is -2.13. The number of carbonyl (C=O) groups excluding carboxylic acids is 1. The molecule has 0 spiro atoms. The number of hydrogen-bond acceptors (Lipinski definition) is 8. The molecule has 2 aliphatic heterocycles. The van der Waals surface area contributed by atoms with Gasteiger partial charge in [0.2, 0.25) is 12.0 Å². The zero-order valence-corrected chi connectivity index (χ0v) is 11.9. The molecular formula is C15H16O8. The third-order valence-electron chi connectivity index (χ3n) is 3.70. The van der Waals surface area contributed by atoms with Crippen LogP contribution in [0, 0.1) is 0 Å². The molecule has 2 heterocycles. The van der Waals surface area contributed by atoms with Gasteiger partial charge in [-0.25, -0.2) is 4.79 Å². The largest absolute Gasteiger partial charge is 0.508 e. The lowest BCUT2D eigenvalue weighted by molar-refractivity contribution is -0.308. The molecule has 124 valence electrons. The Morgan fingerprint density at radius 2 is 1.78 bits per heavy atom. The van der Waals surface area contributed by atoms with Gasteiger partial charge in [0.15, 0.2) is 6.10 Å². The fourth-order valence-electron chi connectivity index (χ4n) is 2.45. The van der Waals surface area contributed by atoms with Gasteiger partial charge in [-0.1, -0.05) is 12.1 Å². The number of carbonyl (C=O) groups is 1. The van der Waals surface area contributed by atoms with E-state index < -0.39 is 43.3 Å². The summed E-state index contributed by atoms with van der Waals surface area (Å²) in [6.07, 6.45) is -4.78. The predicted octanol–water partition coefficient (Wildman–Crippen LogP) is -0.886. The highest BCUT2D eigenvalue weighted by Gasteiger charge is 2.51. The smallest absolute Gasteiger partial charge is 0.374 e. The molecule has 0 bridgehead atoms. The van der Waals surface area contributed by atoms with Crippen molar-refractivity contribution in [1.29, 1.82) is 0 Å². The fourth-order valence-corrected chi connectivity index (χ4v) is 2.45. The van der Waals surface area contributed by atoms with E-state index >= 15 is 0 Å². The molecule has 3 rings (SSSR count). The quantitative estimate of drug-likeness (QED) is 0.408. The lowest BCUT2D eigenvalue weighted by Crippen LogP contribution is -2.62. The summed E-state index contributed by atoms with van der Waals surface area (Å²) in [5.41, 5.74) is 0.586. The summed E-state index contributed by atoms with van der Waals surface area (Å²) in [5.74, 6) is -0.869. The molecule has 0 aliphatic carbocycles. The number of esters is 1. The highest BCUT2D eigenvalue weighted by molar-refractivity contribution is 5.92. The van der Waals surface area contributed by atoms with Crippen LogP contribution in [-0.4, -0.2) is 63.7 Å². The standard InChI is InChI=1S/C15H16O8/c16-6-10-11(18)12(19)13-15(22-10)21-9(14(20)23-13)5-7-1-3-8(17)4-2-7/h1-5,10-13,15-19H,6H2/b9-5-/t10-,11-,12+,13-,15-/m1/s1. The van der Waals surface area contributed by atoms with E-state index in [0.717, 1.165) is 0 Å². The SMILES string of the molecule is O=C1O[C@H]2[C@H](O/C1=C\c1ccc(O)cc1)O[C@H](CO)[C@@H](O)[C@@H]2O. The minimum Gasteiger partial charge on any atom is -0.508 e. The fraction of sp³-hybridized carbons (Fsp3) is 0.400. The molecule has 2 aliphatic rings. The number of ether oxygens (including phenoxy) is 3. The van der Waals surface area contributed by atoms with Crippen LogP contribution < -0.4 is 0 Å². The van der Waals surface area contributed by atoms with E-state index in [1.807, 2.05) is 0 Å². The minimum atomic E-state index is -1.43. The van der Waals surface area contributed by atoms with E-state index in [1.54, 1.807) is 12.1 Å². The third kappa shape index (κ3) is 3.02. The summed E-state index contributed by atoms with van der Waals surface area (Å²) >= 11 is 0. The van der Waals surface area contributed by atoms with Crippen molar-refractivity contribution in [3.05, 3.63) is 35.6 Å². The number of fused-ring (bicyclic) bond motifs is 1. The van der Waals surface area contributed by atoms with Gasteiger partial charge in [0.25, 0.3) is 0 Å². The van der Waals surface area contributed by atoms with Gasteiger partial charge in [-0.3, -0.25) is 0 Å². The molecule has 8 nitrogen and oxygen atoms in total. The van der Waals surface area contributed by atoms with Crippen molar-refractivity contribution >= 4 is 12.0 Å². The van der Waals surface area contributed by atoms with Crippen LogP contribution in [0.4, 0.5) is 0 Å². The molecule has 0 unspecified atom stereocenters. The molecule has 0 radical (unpaired) electrons. The maximum atomic E-state index is 12.0. The Kier molecular flexibility index (Phi) is 4.22. The second kappa shape index (κ2) is 6.17. The van der Waals surface area contributed by atoms with Crippen molar-refractivity contribution in [3.8, 4) is 5.75 Å². The minimum absolute atomic E-state index is 0.0814. The molecule has 0 aromatic heterocycles. The van der Waals surface area contributed by atoms with Crippen LogP contribution in [-0.2, 0) is 19.0 Å². The first-order valence-corrected chi connectivity index (χ1v) is 7.00. The molecular weight excluding hydrogens is 308 g/mol. The molecule has 23 heavy (non-hydrogen) atoms. The zero-order chi connectivity index (χ0) is 16.6. The summed E-state index contributed by atoms with van der Waals surface area (Å²) < 4.78 is 15.8. The van der Waals surface area contributed by atoms with Gasteiger partial charge in [-0.15, -0.1) is 0 Å². The van der Waals surface area contributed by atoms with Gasteiger partial charge < -0.3 is 34.6 Å². The van der Waals surface area contributed by atoms with Crippen LogP contribution in [0.3, 0.4) is 0 Å². The number of phenolic OH excluding ortho intramolecular Hbond substituents is 1. The first-order chi connectivity index (χ1) is 11.0. The van der Waals surface area contributed by atoms with Gasteiger partial charge in [0, 0.05) is 0 Å². The molecule has 5 atom stereocenters. The zero-order valence-electron chi connectivity index (χ0n) is 11.9. The second-order valence-electron chi connectivity index (χ2n) is 5.29. The summed E-state index contributed by atoms with van der Waals surface area (Å²) in [7, 11) is 0. The van der Waals surface area contributed by atoms with Crippen molar-refractivity contribution < 1.29 is 39.4 Å². The number of phenols is 1. The van der Waals surface area contributed by atoms with E-state index in [2.05, 4.69) is 0 Å². The summed E-state index contributed by atoms with van der Waals surface area (Å²) in [6, 6.07) is 6.04.